The molecule has 1 heteroatoms. The van der Waals surface area contributed by atoms with Gasteiger partial charge in [-0.2, -0.15) is 0 Å². The SMILES string of the molecule is C=C(CCCc1ccccc1)CC1(O)CCCCC1. The van der Waals surface area contributed by atoms with Crippen molar-refractivity contribution >= 4 is 0 Å². The first-order valence-electron chi connectivity index (χ1n) is 7.61. The van der Waals surface area contributed by atoms with E-state index in [0.29, 0.717) is 0 Å². The Morgan fingerprint density at radius 3 is 2.47 bits per heavy atom. The number of hydrogen-bond donors (Lipinski definition) is 1. The minimum atomic E-state index is -0.442. The van der Waals surface area contributed by atoms with Crippen molar-refractivity contribution in [1.29, 1.82) is 0 Å². The third-order valence-electron chi connectivity index (χ3n) is 4.20. The molecular weight excluding hydrogens is 232 g/mol. The Labute approximate surface area is 117 Å². The zero-order valence-corrected chi connectivity index (χ0v) is 11.9. The Kier molecular flexibility index (Phi) is 5.21. The van der Waals surface area contributed by atoms with E-state index in [0.717, 1.165) is 38.5 Å². The van der Waals surface area contributed by atoms with Crippen LogP contribution in [-0.2, 0) is 6.42 Å². The molecule has 1 aliphatic rings. The van der Waals surface area contributed by atoms with Gasteiger partial charge in [0.2, 0.25) is 0 Å². The Hall–Kier alpha value is -1.08. The molecule has 0 amide bonds. The predicted octanol–water partition coefficient (Wildman–Crippen LogP) is 4.65. The van der Waals surface area contributed by atoms with Gasteiger partial charge in [0.1, 0.15) is 0 Å². The maximum Gasteiger partial charge on any atom is 0.0684 e. The fourth-order valence-electron chi connectivity index (χ4n) is 3.13. The summed E-state index contributed by atoms with van der Waals surface area (Å²) in [5, 5.41) is 10.5. The Morgan fingerprint density at radius 2 is 1.79 bits per heavy atom. The molecule has 0 atom stereocenters. The maximum absolute atomic E-state index is 10.5. The van der Waals surface area contributed by atoms with Crippen LogP contribution in [0, 0.1) is 0 Å². The summed E-state index contributed by atoms with van der Waals surface area (Å²) >= 11 is 0. The van der Waals surface area contributed by atoms with Gasteiger partial charge in [-0.1, -0.05) is 61.7 Å². The summed E-state index contributed by atoms with van der Waals surface area (Å²) in [7, 11) is 0. The minimum Gasteiger partial charge on any atom is -0.390 e. The molecule has 19 heavy (non-hydrogen) atoms. The Bertz CT molecular complexity index is 387. The zero-order valence-electron chi connectivity index (χ0n) is 11.9. The molecule has 2 rings (SSSR count). The van der Waals surface area contributed by atoms with Gasteiger partial charge in [0.15, 0.2) is 0 Å². The summed E-state index contributed by atoms with van der Waals surface area (Å²) in [4.78, 5) is 0. The summed E-state index contributed by atoms with van der Waals surface area (Å²) in [6, 6.07) is 10.6. The van der Waals surface area contributed by atoms with Gasteiger partial charge in [-0.05, 0) is 44.1 Å². The van der Waals surface area contributed by atoms with Crippen LogP contribution in [-0.4, -0.2) is 10.7 Å². The van der Waals surface area contributed by atoms with E-state index < -0.39 is 5.60 Å². The van der Waals surface area contributed by atoms with Crippen molar-refractivity contribution in [3.63, 3.8) is 0 Å². The van der Waals surface area contributed by atoms with E-state index in [4.69, 9.17) is 0 Å². The van der Waals surface area contributed by atoms with Crippen LogP contribution in [0.5, 0.6) is 0 Å². The van der Waals surface area contributed by atoms with Crippen LogP contribution in [0.1, 0.15) is 56.9 Å². The van der Waals surface area contributed by atoms with Crippen LogP contribution in [0.4, 0.5) is 0 Å². The Morgan fingerprint density at radius 1 is 1.11 bits per heavy atom. The van der Waals surface area contributed by atoms with Crippen LogP contribution in [0.2, 0.25) is 0 Å². The van der Waals surface area contributed by atoms with E-state index in [-0.39, 0.29) is 0 Å². The van der Waals surface area contributed by atoms with E-state index in [2.05, 4.69) is 36.9 Å². The van der Waals surface area contributed by atoms with Gasteiger partial charge in [0, 0.05) is 0 Å². The lowest BCUT2D eigenvalue weighted by Gasteiger charge is -2.32. The van der Waals surface area contributed by atoms with Crippen LogP contribution < -0.4 is 0 Å². The molecule has 0 bridgehead atoms. The normalized spacial score (nSPS) is 18.2. The predicted molar refractivity (Wildman–Crippen MR) is 81.2 cm³/mol. The number of hydrogen-bond acceptors (Lipinski definition) is 1. The van der Waals surface area contributed by atoms with Crippen LogP contribution >= 0.6 is 0 Å². The van der Waals surface area contributed by atoms with Crippen molar-refractivity contribution in [3.8, 4) is 0 Å². The number of aliphatic hydroxyl groups is 1. The lowest BCUT2D eigenvalue weighted by atomic mass is 9.80. The molecule has 1 N–H and O–H groups in total. The third kappa shape index (κ3) is 4.83. The monoisotopic (exact) mass is 258 g/mol. The van der Waals surface area contributed by atoms with Gasteiger partial charge in [0.05, 0.1) is 5.60 Å². The van der Waals surface area contributed by atoms with Crippen LogP contribution in [0.15, 0.2) is 42.5 Å². The largest absolute Gasteiger partial charge is 0.390 e. The molecule has 0 aliphatic heterocycles. The molecule has 1 saturated carbocycles. The average molecular weight is 258 g/mol. The minimum absolute atomic E-state index is 0.442. The molecule has 0 saturated heterocycles. The van der Waals surface area contributed by atoms with Gasteiger partial charge in [-0.3, -0.25) is 0 Å². The Balaban J connectivity index is 1.70. The molecule has 1 aromatic carbocycles. The van der Waals surface area contributed by atoms with E-state index in [1.54, 1.807) is 0 Å². The van der Waals surface area contributed by atoms with Gasteiger partial charge >= 0.3 is 0 Å². The smallest absolute Gasteiger partial charge is 0.0684 e. The second-order valence-corrected chi connectivity index (χ2v) is 6.05. The molecular formula is C18H26O. The van der Waals surface area contributed by atoms with E-state index in [1.807, 2.05) is 0 Å². The first-order valence-corrected chi connectivity index (χ1v) is 7.61. The molecule has 1 aliphatic carbocycles. The van der Waals surface area contributed by atoms with E-state index in [1.165, 1.54) is 30.4 Å². The molecule has 0 spiro atoms. The highest BCUT2D eigenvalue weighted by molar-refractivity contribution is 5.15. The highest BCUT2D eigenvalue weighted by Crippen LogP contribution is 2.33. The highest BCUT2D eigenvalue weighted by atomic mass is 16.3. The van der Waals surface area contributed by atoms with Crippen molar-refractivity contribution in [2.75, 3.05) is 0 Å². The summed E-state index contributed by atoms with van der Waals surface area (Å²) < 4.78 is 0. The summed E-state index contributed by atoms with van der Waals surface area (Å²) in [6.07, 6.45) is 9.65. The molecule has 1 aromatic rings. The maximum atomic E-state index is 10.5. The quantitative estimate of drug-likeness (QED) is 0.736. The summed E-state index contributed by atoms with van der Waals surface area (Å²) in [5.74, 6) is 0. The molecule has 0 aromatic heterocycles. The van der Waals surface area contributed by atoms with Gasteiger partial charge in [-0.25, -0.2) is 0 Å². The molecule has 0 unspecified atom stereocenters. The van der Waals surface area contributed by atoms with Crippen LogP contribution in [0.3, 0.4) is 0 Å². The molecule has 1 nitrogen and oxygen atoms in total. The second kappa shape index (κ2) is 6.91. The first-order chi connectivity index (χ1) is 9.18. The van der Waals surface area contributed by atoms with Gasteiger partial charge < -0.3 is 5.11 Å². The third-order valence-corrected chi connectivity index (χ3v) is 4.20. The number of aryl methyl sites for hydroxylation is 1. The number of benzene rings is 1. The van der Waals surface area contributed by atoms with Crippen molar-refractivity contribution in [3.05, 3.63) is 48.0 Å². The van der Waals surface area contributed by atoms with Crippen molar-refractivity contribution in [1.82, 2.24) is 0 Å². The van der Waals surface area contributed by atoms with E-state index in [9.17, 15) is 5.11 Å². The molecule has 1 fully saturated rings. The standard InChI is InChI=1S/C18H26O/c1-16(15-18(19)13-6-3-7-14-18)9-8-12-17-10-4-2-5-11-17/h2,4-5,10-11,19H,1,3,6-9,12-15H2. The highest BCUT2D eigenvalue weighted by Gasteiger charge is 2.29. The van der Waals surface area contributed by atoms with E-state index >= 15 is 0 Å². The van der Waals surface area contributed by atoms with Crippen molar-refractivity contribution in [2.24, 2.45) is 0 Å². The average Bonchev–Trinajstić information content (AvgIpc) is 2.40. The lowest BCUT2D eigenvalue weighted by molar-refractivity contribution is 0.00398. The fourth-order valence-corrected chi connectivity index (χ4v) is 3.13. The molecule has 104 valence electrons. The molecule has 0 radical (unpaired) electrons. The van der Waals surface area contributed by atoms with Crippen LogP contribution in [0.25, 0.3) is 0 Å². The van der Waals surface area contributed by atoms with Gasteiger partial charge in [0.25, 0.3) is 0 Å². The molecule has 0 heterocycles. The number of rotatable bonds is 6. The van der Waals surface area contributed by atoms with Crippen molar-refractivity contribution in [2.45, 2.75) is 63.4 Å². The first kappa shape index (κ1) is 14.3. The second-order valence-electron chi connectivity index (χ2n) is 6.05. The van der Waals surface area contributed by atoms with Gasteiger partial charge in [-0.15, -0.1) is 0 Å². The fraction of sp³-hybridized carbons (Fsp3) is 0.556. The zero-order chi connectivity index (χ0) is 13.6. The summed E-state index contributed by atoms with van der Waals surface area (Å²) in [5.41, 5.74) is 2.18. The lowest BCUT2D eigenvalue weighted by Crippen LogP contribution is -2.31. The van der Waals surface area contributed by atoms with Crippen molar-refractivity contribution < 1.29 is 5.11 Å². The summed E-state index contributed by atoms with van der Waals surface area (Å²) in [6.45, 7) is 4.17. The topological polar surface area (TPSA) is 20.2 Å².